The van der Waals surface area contributed by atoms with Gasteiger partial charge in [-0.3, -0.25) is 0 Å². The minimum absolute atomic E-state index is 0.382. The van der Waals surface area contributed by atoms with E-state index in [1.807, 2.05) is 45.5 Å². The smallest absolute Gasteiger partial charge is 0.408 e. The van der Waals surface area contributed by atoms with Crippen LogP contribution in [-0.4, -0.2) is 34.3 Å². The van der Waals surface area contributed by atoms with Crippen molar-refractivity contribution in [2.75, 3.05) is 13.1 Å². The SMILES string of the molecule is Cc1nc(C2(NC(=O)OC(C)(C)C)CCNCC2)cn1C. The van der Waals surface area contributed by atoms with Crippen LogP contribution in [0.15, 0.2) is 6.20 Å². The van der Waals surface area contributed by atoms with Crippen LogP contribution in [0, 0.1) is 6.92 Å². The van der Waals surface area contributed by atoms with Gasteiger partial charge in [0.25, 0.3) is 0 Å². The third kappa shape index (κ3) is 3.75. The van der Waals surface area contributed by atoms with Crippen LogP contribution in [0.4, 0.5) is 4.79 Å². The van der Waals surface area contributed by atoms with Crippen molar-refractivity contribution in [1.82, 2.24) is 20.2 Å². The van der Waals surface area contributed by atoms with E-state index in [0.29, 0.717) is 0 Å². The summed E-state index contributed by atoms with van der Waals surface area (Å²) in [4.78, 5) is 16.8. The molecule has 6 nitrogen and oxygen atoms in total. The molecule has 0 radical (unpaired) electrons. The summed E-state index contributed by atoms with van der Waals surface area (Å²) in [6, 6.07) is 0. The van der Waals surface area contributed by atoms with Crippen LogP contribution in [-0.2, 0) is 17.3 Å². The first kappa shape index (κ1) is 15.8. The predicted octanol–water partition coefficient (Wildman–Crippen LogP) is 1.83. The van der Waals surface area contributed by atoms with E-state index in [9.17, 15) is 4.79 Å². The molecule has 0 unspecified atom stereocenters. The van der Waals surface area contributed by atoms with Gasteiger partial charge in [0.15, 0.2) is 0 Å². The second kappa shape index (κ2) is 5.67. The van der Waals surface area contributed by atoms with Gasteiger partial charge in [-0.1, -0.05) is 0 Å². The molecule has 0 spiro atoms. The summed E-state index contributed by atoms with van der Waals surface area (Å²) in [6.45, 7) is 9.27. The number of aromatic nitrogens is 2. The van der Waals surface area contributed by atoms with Crippen molar-refractivity contribution in [3.63, 3.8) is 0 Å². The minimum atomic E-state index is -0.502. The van der Waals surface area contributed by atoms with Crippen molar-refractivity contribution in [1.29, 1.82) is 0 Å². The summed E-state index contributed by atoms with van der Waals surface area (Å²) in [5, 5.41) is 6.39. The summed E-state index contributed by atoms with van der Waals surface area (Å²) >= 11 is 0. The molecule has 1 amide bonds. The average molecular weight is 294 g/mol. The molecule has 0 aromatic carbocycles. The van der Waals surface area contributed by atoms with Crippen molar-refractivity contribution >= 4 is 6.09 Å². The average Bonchev–Trinajstić information content (AvgIpc) is 2.69. The number of hydrogen-bond acceptors (Lipinski definition) is 4. The van der Waals surface area contributed by atoms with Crippen LogP contribution < -0.4 is 10.6 Å². The zero-order valence-corrected chi connectivity index (χ0v) is 13.6. The van der Waals surface area contributed by atoms with Crippen LogP contribution in [0.25, 0.3) is 0 Å². The van der Waals surface area contributed by atoms with Gasteiger partial charge in [0.2, 0.25) is 0 Å². The molecular formula is C15H26N4O2. The number of imidazole rings is 1. The van der Waals surface area contributed by atoms with Gasteiger partial charge < -0.3 is 19.9 Å². The van der Waals surface area contributed by atoms with E-state index in [0.717, 1.165) is 37.4 Å². The van der Waals surface area contributed by atoms with E-state index in [-0.39, 0.29) is 6.09 Å². The molecule has 21 heavy (non-hydrogen) atoms. The molecule has 1 aromatic rings. The fourth-order valence-electron chi connectivity index (χ4n) is 2.59. The molecule has 1 aliphatic heterocycles. The van der Waals surface area contributed by atoms with Crippen molar-refractivity contribution in [3.05, 3.63) is 17.7 Å². The van der Waals surface area contributed by atoms with Crippen molar-refractivity contribution in [2.24, 2.45) is 7.05 Å². The predicted molar refractivity (Wildman–Crippen MR) is 81.1 cm³/mol. The van der Waals surface area contributed by atoms with Crippen LogP contribution in [0.3, 0.4) is 0 Å². The Morgan fingerprint density at radius 1 is 1.43 bits per heavy atom. The highest BCUT2D eigenvalue weighted by molar-refractivity contribution is 5.69. The Labute approximate surface area is 126 Å². The summed E-state index contributed by atoms with van der Waals surface area (Å²) < 4.78 is 7.40. The van der Waals surface area contributed by atoms with E-state index in [1.54, 1.807) is 0 Å². The Bertz CT molecular complexity index is 491. The number of alkyl carbamates (subject to hydrolysis) is 1. The Morgan fingerprint density at radius 3 is 2.52 bits per heavy atom. The van der Waals surface area contributed by atoms with Crippen LogP contribution in [0.2, 0.25) is 0 Å². The number of aryl methyl sites for hydroxylation is 2. The molecular weight excluding hydrogens is 268 g/mol. The highest BCUT2D eigenvalue weighted by Gasteiger charge is 2.39. The van der Waals surface area contributed by atoms with E-state index < -0.39 is 11.1 Å². The van der Waals surface area contributed by atoms with Gasteiger partial charge in [0.05, 0.1) is 11.2 Å². The first-order valence-corrected chi connectivity index (χ1v) is 7.44. The lowest BCUT2D eigenvalue weighted by Crippen LogP contribution is -2.53. The number of rotatable bonds is 2. The zero-order chi connectivity index (χ0) is 15.7. The maximum Gasteiger partial charge on any atom is 0.408 e. The highest BCUT2D eigenvalue weighted by Crippen LogP contribution is 2.30. The molecule has 2 heterocycles. The second-order valence-corrected chi connectivity index (χ2v) is 6.74. The maximum atomic E-state index is 12.2. The minimum Gasteiger partial charge on any atom is -0.444 e. The van der Waals surface area contributed by atoms with Gasteiger partial charge in [-0.15, -0.1) is 0 Å². The molecule has 1 saturated heterocycles. The quantitative estimate of drug-likeness (QED) is 0.873. The van der Waals surface area contributed by atoms with Crippen molar-refractivity contribution in [3.8, 4) is 0 Å². The van der Waals surface area contributed by atoms with Gasteiger partial charge in [-0.2, -0.15) is 0 Å². The summed E-state index contributed by atoms with van der Waals surface area (Å²) in [7, 11) is 1.97. The molecule has 1 fully saturated rings. The monoisotopic (exact) mass is 294 g/mol. The topological polar surface area (TPSA) is 68.2 Å². The highest BCUT2D eigenvalue weighted by atomic mass is 16.6. The van der Waals surface area contributed by atoms with Gasteiger partial charge in [0.1, 0.15) is 11.4 Å². The summed E-state index contributed by atoms with van der Waals surface area (Å²) in [6.07, 6.45) is 3.23. The Hall–Kier alpha value is -1.56. The Morgan fingerprint density at radius 2 is 2.05 bits per heavy atom. The van der Waals surface area contributed by atoms with E-state index >= 15 is 0 Å². The lowest BCUT2D eigenvalue weighted by atomic mass is 9.85. The fourth-order valence-corrected chi connectivity index (χ4v) is 2.59. The van der Waals surface area contributed by atoms with E-state index in [2.05, 4.69) is 15.6 Å². The van der Waals surface area contributed by atoms with E-state index in [4.69, 9.17) is 4.74 Å². The van der Waals surface area contributed by atoms with Gasteiger partial charge >= 0.3 is 6.09 Å². The molecule has 0 atom stereocenters. The summed E-state index contributed by atoms with van der Waals surface area (Å²) in [5.74, 6) is 0.939. The van der Waals surface area contributed by atoms with Gasteiger partial charge in [-0.25, -0.2) is 9.78 Å². The molecule has 2 N–H and O–H groups in total. The third-order valence-electron chi connectivity index (χ3n) is 3.80. The van der Waals surface area contributed by atoms with E-state index in [1.165, 1.54) is 0 Å². The first-order chi connectivity index (χ1) is 9.72. The standard InChI is InChI=1S/C15H26N4O2/c1-11-17-12(10-19(11)5)15(6-8-16-9-7-15)18-13(20)21-14(2,3)4/h10,16H,6-9H2,1-5H3,(H,18,20). The number of ether oxygens (including phenoxy) is 1. The molecule has 0 aliphatic carbocycles. The first-order valence-electron chi connectivity index (χ1n) is 7.44. The second-order valence-electron chi connectivity index (χ2n) is 6.74. The van der Waals surface area contributed by atoms with Crippen molar-refractivity contribution in [2.45, 2.75) is 51.7 Å². The molecule has 1 aliphatic rings. The number of carbonyl (C=O) groups excluding carboxylic acids is 1. The van der Waals surface area contributed by atoms with Crippen LogP contribution >= 0.6 is 0 Å². The number of nitrogens with one attached hydrogen (secondary N) is 2. The molecule has 0 saturated carbocycles. The zero-order valence-electron chi connectivity index (χ0n) is 13.6. The van der Waals surface area contributed by atoms with Gasteiger partial charge in [-0.05, 0) is 53.6 Å². The molecule has 1 aromatic heterocycles. The van der Waals surface area contributed by atoms with Crippen LogP contribution in [0.1, 0.15) is 45.1 Å². The molecule has 6 heteroatoms. The number of amides is 1. The third-order valence-corrected chi connectivity index (χ3v) is 3.80. The molecule has 118 valence electrons. The molecule has 2 rings (SSSR count). The van der Waals surface area contributed by atoms with Crippen LogP contribution in [0.5, 0.6) is 0 Å². The largest absolute Gasteiger partial charge is 0.444 e. The lowest BCUT2D eigenvalue weighted by Gasteiger charge is -2.37. The number of piperidine rings is 1. The Kier molecular flexibility index (Phi) is 4.27. The number of nitrogens with zero attached hydrogens (tertiary/aromatic N) is 2. The Balaban J connectivity index is 2.23. The van der Waals surface area contributed by atoms with Crippen molar-refractivity contribution < 1.29 is 9.53 Å². The normalized spacial score (nSPS) is 18.3. The number of hydrogen-bond donors (Lipinski definition) is 2. The van der Waals surface area contributed by atoms with Gasteiger partial charge in [0, 0.05) is 13.2 Å². The summed E-state index contributed by atoms with van der Waals surface area (Å²) in [5.41, 5.74) is -0.0347. The fraction of sp³-hybridized carbons (Fsp3) is 0.733. The lowest BCUT2D eigenvalue weighted by molar-refractivity contribution is 0.0423. The number of carbonyl (C=O) groups is 1. The maximum absolute atomic E-state index is 12.2. The molecule has 0 bridgehead atoms.